The Labute approximate surface area is 132 Å². The minimum atomic E-state index is -0.169. The zero-order valence-electron chi connectivity index (χ0n) is 12.1. The lowest BCUT2D eigenvalue weighted by Gasteiger charge is -2.07. The zero-order valence-corrected chi connectivity index (χ0v) is 12.9. The van der Waals surface area contributed by atoms with Crippen molar-refractivity contribution in [2.45, 2.75) is 13.8 Å². The Balaban J connectivity index is 2.34. The fourth-order valence-corrected chi connectivity index (χ4v) is 2.55. The molecule has 3 rings (SSSR count). The average molecular weight is 313 g/mol. The Morgan fingerprint density at radius 3 is 2.41 bits per heavy atom. The summed E-state index contributed by atoms with van der Waals surface area (Å²) in [5.74, 6) is 0.283. The highest BCUT2D eigenvalue weighted by molar-refractivity contribution is 6.30. The van der Waals surface area contributed by atoms with Gasteiger partial charge in [-0.15, -0.1) is 0 Å². The maximum absolute atomic E-state index is 12.4. The molecule has 2 aromatic carbocycles. The molecule has 110 valence electrons. The summed E-state index contributed by atoms with van der Waals surface area (Å²) in [5.41, 5.74) is 2.17. The van der Waals surface area contributed by atoms with Gasteiger partial charge in [0.2, 0.25) is 0 Å². The van der Waals surface area contributed by atoms with E-state index in [1.807, 2.05) is 6.92 Å². The van der Waals surface area contributed by atoms with Crippen LogP contribution in [0.15, 0.2) is 51.7 Å². The molecular formula is C18H13ClO3. The van der Waals surface area contributed by atoms with Crippen LogP contribution in [0, 0.1) is 6.92 Å². The molecule has 0 fully saturated rings. The first kappa shape index (κ1) is 14.5. The van der Waals surface area contributed by atoms with E-state index >= 15 is 0 Å². The van der Waals surface area contributed by atoms with Gasteiger partial charge in [-0.1, -0.05) is 11.6 Å². The largest absolute Gasteiger partial charge is 0.455 e. The summed E-state index contributed by atoms with van der Waals surface area (Å²) in [4.78, 5) is 24.2. The number of hydrogen-bond acceptors (Lipinski definition) is 3. The quantitative estimate of drug-likeness (QED) is 0.648. The minimum Gasteiger partial charge on any atom is -0.455 e. The Hall–Kier alpha value is -2.39. The number of hydrogen-bond donors (Lipinski definition) is 0. The van der Waals surface area contributed by atoms with Gasteiger partial charge in [0, 0.05) is 16.7 Å². The molecule has 1 aromatic heterocycles. The molecule has 0 spiro atoms. The van der Waals surface area contributed by atoms with Gasteiger partial charge in [-0.3, -0.25) is 9.59 Å². The van der Waals surface area contributed by atoms with Crippen molar-refractivity contribution in [2.24, 2.45) is 0 Å². The second-order valence-electron chi connectivity index (χ2n) is 5.23. The zero-order chi connectivity index (χ0) is 15.9. The number of carbonyl (C=O) groups excluding carboxylic acids is 1. The van der Waals surface area contributed by atoms with Crippen molar-refractivity contribution in [3.05, 3.63) is 68.8 Å². The third-order valence-corrected chi connectivity index (χ3v) is 3.73. The Morgan fingerprint density at radius 2 is 1.77 bits per heavy atom. The van der Waals surface area contributed by atoms with Crippen LogP contribution in [0.3, 0.4) is 0 Å². The predicted octanol–water partition coefficient (Wildman–Crippen LogP) is 4.62. The van der Waals surface area contributed by atoms with Crippen molar-refractivity contribution in [1.29, 1.82) is 0 Å². The summed E-state index contributed by atoms with van der Waals surface area (Å²) in [6, 6.07) is 11.9. The second kappa shape index (κ2) is 5.43. The van der Waals surface area contributed by atoms with E-state index in [0.29, 0.717) is 27.3 Å². The van der Waals surface area contributed by atoms with Gasteiger partial charge in [0.05, 0.1) is 10.9 Å². The second-order valence-corrected chi connectivity index (χ2v) is 5.66. The molecule has 0 radical (unpaired) electrons. The van der Waals surface area contributed by atoms with Gasteiger partial charge >= 0.3 is 0 Å². The summed E-state index contributed by atoms with van der Waals surface area (Å²) in [7, 11) is 0. The van der Waals surface area contributed by atoms with Gasteiger partial charge < -0.3 is 4.42 Å². The van der Waals surface area contributed by atoms with Crippen LogP contribution in [0.2, 0.25) is 5.02 Å². The van der Waals surface area contributed by atoms with Gasteiger partial charge in [0.15, 0.2) is 11.2 Å². The van der Waals surface area contributed by atoms with Gasteiger partial charge in [-0.2, -0.15) is 0 Å². The summed E-state index contributed by atoms with van der Waals surface area (Å²) in [5, 5.41) is 1.02. The molecule has 0 bridgehead atoms. The van der Waals surface area contributed by atoms with Crippen LogP contribution < -0.4 is 5.43 Å². The summed E-state index contributed by atoms with van der Waals surface area (Å²) in [6.07, 6.45) is 0. The highest BCUT2D eigenvalue weighted by Crippen LogP contribution is 2.26. The number of benzene rings is 2. The molecule has 22 heavy (non-hydrogen) atoms. The van der Waals surface area contributed by atoms with Gasteiger partial charge in [-0.25, -0.2) is 0 Å². The molecule has 4 heteroatoms. The SMILES string of the molecule is CC(=O)c1cc(C)cc2c(=O)cc(-c3ccc(Cl)cc3)oc12. The fraction of sp³-hybridized carbons (Fsp3) is 0.111. The minimum absolute atomic E-state index is 0.134. The molecule has 0 aliphatic rings. The lowest BCUT2D eigenvalue weighted by atomic mass is 10.0. The number of ketones is 1. The van der Waals surface area contributed by atoms with Crippen molar-refractivity contribution in [1.82, 2.24) is 0 Å². The van der Waals surface area contributed by atoms with Gasteiger partial charge in [-0.05, 0) is 55.8 Å². The van der Waals surface area contributed by atoms with Crippen LogP contribution in [0.25, 0.3) is 22.3 Å². The first-order valence-corrected chi connectivity index (χ1v) is 7.19. The average Bonchev–Trinajstić information content (AvgIpc) is 2.47. The van der Waals surface area contributed by atoms with E-state index in [1.165, 1.54) is 13.0 Å². The number of fused-ring (bicyclic) bond motifs is 1. The number of aryl methyl sites for hydroxylation is 1. The molecular weight excluding hydrogens is 300 g/mol. The molecule has 0 saturated heterocycles. The van der Waals surface area contributed by atoms with Crippen molar-refractivity contribution in [2.75, 3.05) is 0 Å². The van der Waals surface area contributed by atoms with E-state index in [1.54, 1.807) is 36.4 Å². The van der Waals surface area contributed by atoms with Crippen molar-refractivity contribution in [3.63, 3.8) is 0 Å². The van der Waals surface area contributed by atoms with Crippen LogP contribution in [0.5, 0.6) is 0 Å². The van der Waals surface area contributed by atoms with E-state index in [4.69, 9.17) is 16.0 Å². The summed E-state index contributed by atoms with van der Waals surface area (Å²) < 4.78 is 5.85. The molecule has 3 aromatic rings. The van der Waals surface area contributed by atoms with Crippen LogP contribution in [0.1, 0.15) is 22.8 Å². The topological polar surface area (TPSA) is 47.3 Å². The maximum atomic E-state index is 12.4. The van der Waals surface area contributed by atoms with Crippen LogP contribution >= 0.6 is 11.6 Å². The van der Waals surface area contributed by atoms with Crippen LogP contribution in [-0.4, -0.2) is 5.78 Å². The number of halogens is 1. The van der Waals surface area contributed by atoms with Crippen molar-refractivity contribution in [3.8, 4) is 11.3 Å². The molecule has 1 heterocycles. The third-order valence-electron chi connectivity index (χ3n) is 3.48. The van der Waals surface area contributed by atoms with Gasteiger partial charge in [0.25, 0.3) is 0 Å². The van der Waals surface area contributed by atoms with Crippen LogP contribution in [0.4, 0.5) is 0 Å². The first-order chi connectivity index (χ1) is 10.5. The van der Waals surface area contributed by atoms with E-state index < -0.39 is 0 Å². The van der Waals surface area contributed by atoms with E-state index in [0.717, 1.165) is 11.1 Å². The summed E-state index contributed by atoms with van der Waals surface area (Å²) >= 11 is 5.87. The molecule has 0 unspecified atom stereocenters. The van der Waals surface area contributed by atoms with E-state index in [-0.39, 0.29) is 11.2 Å². The highest BCUT2D eigenvalue weighted by Gasteiger charge is 2.14. The predicted molar refractivity (Wildman–Crippen MR) is 87.7 cm³/mol. The maximum Gasteiger partial charge on any atom is 0.193 e. The van der Waals surface area contributed by atoms with Crippen molar-refractivity contribution >= 4 is 28.4 Å². The van der Waals surface area contributed by atoms with Gasteiger partial charge in [0.1, 0.15) is 11.3 Å². The molecule has 3 nitrogen and oxygen atoms in total. The van der Waals surface area contributed by atoms with E-state index in [2.05, 4.69) is 0 Å². The highest BCUT2D eigenvalue weighted by atomic mass is 35.5. The molecule has 0 aliphatic heterocycles. The Morgan fingerprint density at radius 1 is 1.09 bits per heavy atom. The normalized spacial score (nSPS) is 10.9. The van der Waals surface area contributed by atoms with E-state index in [9.17, 15) is 9.59 Å². The molecule has 0 atom stereocenters. The lowest BCUT2D eigenvalue weighted by Crippen LogP contribution is -2.04. The number of Topliss-reactive ketones (excluding diaryl/α,β-unsaturated/α-hetero) is 1. The number of rotatable bonds is 2. The molecule has 0 aliphatic carbocycles. The molecule has 0 amide bonds. The number of carbonyl (C=O) groups is 1. The Kier molecular flexibility index (Phi) is 3.59. The Bertz CT molecular complexity index is 937. The van der Waals surface area contributed by atoms with Crippen molar-refractivity contribution < 1.29 is 9.21 Å². The smallest absolute Gasteiger partial charge is 0.193 e. The summed E-state index contributed by atoms with van der Waals surface area (Å²) in [6.45, 7) is 3.31. The lowest BCUT2D eigenvalue weighted by molar-refractivity contribution is 0.101. The standard InChI is InChI=1S/C18H13ClO3/c1-10-7-14(11(2)20)18-15(8-10)16(21)9-17(22-18)12-3-5-13(19)6-4-12/h3-9H,1-2H3. The first-order valence-electron chi connectivity index (χ1n) is 6.81. The molecule has 0 saturated carbocycles. The monoisotopic (exact) mass is 312 g/mol. The third kappa shape index (κ3) is 2.55. The van der Waals surface area contributed by atoms with Crippen LogP contribution in [-0.2, 0) is 0 Å². The molecule has 0 N–H and O–H groups in total. The fourth-order valence-electron chi connectivity index (χ4n) is 2.42.